The molecule has 1 fully saturated rings. The summed E-state index contributed by atoms with van der Waals surface area (Å²) in [7, 11) is 0. The molecule has 1 saturated carbocycles. The Hall–Kier alpha value is -1.72. The van der Waals surface area contributed by atoms with Gasteiger partial charge in [0.2, 0.25) is 0 Å². The number of ether oxygens (including phenoxy) is 2. The molecule has 0 aromatic rings. The Morgan fingerprint density at radius 3 is 1.61 bits per heavy atom. The van der Waals surface area contributed by atoms with Gasteiger partial charge in [0.05, 0.1) is 13.2 Å². The molecule has 1 aliphatic rings. The third kappa shape index (κ3) is 4.27. The predicted octanol–water partition coefficient (Wildman–Crippen LogP) is 0.277. The van der Waals surface area contributed by atoms with Crippen molar-refractivity contribution in [2.45, 2.75) is 25.7 Å². The van der Waals surface area contributed by atoms with E-state index in [9.17, 15) is 19.2 Å². The van der Waals surface area contributed by atoms with Gasteiger partial charge < -0.3 is 9.47 Å². The van der Waals surface area contributed by atoms with Gasteiger partial charge in [0.15, 0.2) is 0 Å². The maximum atomic E-state index is 11.8. The Bertz CT molecular complexity index is 293. The van der Waals surface area contributed by atoms with E-state index in [1.807, 2.05) is 0 Å². The molecular formula is C12H16O6. The summed E-state index contributed by atoms with van der Waals surface area (Å²) >= 11 is 0. The number of Topliss-reactive ketones (excluding diaryl/α,β-unsaturated/α-hetero) is 2. The molecule has 1 rings (SSSR count). The van der Waals surface area contributed by atoms with E-state index >= 15 is 0 Å². The summed E-state index contributed by atoms with van der Waals surface area (Å²) in [4.78, 5) is 43.5. The highest BCUT2D eigenvalue weighted by Crippen LogP contribution is 2.27. The van der Waals surface area contributed by atoms with E-state index in [1.165, 1.54) is 0 Å². The first-order valence-corrected chi connectivity index (χ1v) is 5.85. The summed E-state index contributed by atoms with van der Waals surface area (Å²) in [6.07, 6.45) is 1.15. The molecular weight excluding hydrogens is 240 g/mol. The van der Waals surface area contributed by atoms with Crippen molar-refractivity contribution in [3.8, 4) is 0 Å². The average molecular weight is 256 g/mol. The van der Waals surface area contributed by atoms with Crippen LogP contribution in [-0.2, 0) is 28.7 Å². The molecule has 6 heteroatoms. The van der Waals surface area contributed by atoms with Crippen molar-refractivity contribution in [1.29, 1.82) is 0 Å². The maximum absolute atomic E-state index is 11.8. The zero-order valence-electron chi connectivity index (χ0n) is 10.0. The van der Waals surface area contributed by atoms with E-state index in [0.29, 0.717) is 25.8 Å². The van der Waals surface area contributed by atoms with Gasteiger partial charge in [-0.3, -0.25) is 19.2 Å². The van der Waals surface area contributed by atoms with Crippen LogP contribution in [0, 0.1) is 11.8 Å². The zero-order valence-corrected chi connectivity index (χ0v) is 10.0. The Labute approximate surface area is 105 Å². The molecule has 6 nitrogen and oxygen atoms in total. The van der Waals surface area contributed by atoms with Gasteiger partial charge in [-0.1, -0.05) is 0 Å². The van der Waals surface area contributed by atoms with Crippen molar-refractivity contribution >= 4 is 24.5 Å². The summed E-state index contributed by atoms with van der Waals surface area (Å²) in [6, 6.07) is 0. The number of ketones is 2. The lowest BCUT2D eigenvalue weighted by atomic mass is 9.77. The molecule has 0 aliphatic heterocycles. The quantitative estimate of drug-likeness (QED) is 0.458. The molecule has 2 atom stereocenters. The predicted molar refractivity (Wildman–Crippen MR) is 59.5 cm³/mol. The standard InChI is InChI=1S/C12H16O6/c13-7-17-3-1-9-5-12(16)10(6-11(9)15)2-4-18-8-14/h7-10H,1-6H2. The van der Waals surface area contributed by atoms with Gasteiger partial charge >= 0.3 is 0 Å². The molecule has 0 aromatic carbocycles. The van der Waals surface area contributed by atoms with Crippen LogP contribution in [0.5, 0.6) is 0 Å². The van der Waals surface area contributed by atoms with E-state index in [1.54, 1.807) is 0 Å². The monoisotopic (exact) mass is 256 g/mol. The van der Waals surface area contributed by atoms with E-state index in [2.05, 4.69) is 9.47 Å². The molecule has 0 N–H and O–H groups in total. The van der Waals surface area contributed by atoms with Crippen LogP contribution in [-0.4, -0.2) is 37.7 Å². The molecule has 0 amide bonds. The summed E-state index contributed by atoms with van der Waals surface area (Å²) in [5, 5.41) is 0. The number of rotatable bonds is 8. The van der Waals surface area contributed by atoms with E-state index < -0.39 is 0 Å². The molecule has 0 radical (unpaired) electrons. The lowest BCUT2D eigenvalue weighted by Crippen LogP contribution is -2.33. The minimum absolute atomic E-state index is 0.0141. The second-order valence-corrected chi connectivity index (χ2v) is 4.25. The Kier molecular flexibility index (Phi) is 6.04. The maximum Gasteiger partial charge on any atom is 0.293 e. The largest absolute Gasteiger partial charge is 0.468 e. The zero-order chi connectivity index (χ0) is 13.4. The molecule has 0 aromatic heterocycles. The van der Waals surface area contributed by atoms with Gasteiger partial charge in [-0.2, -0.15) is 0 Å². The number of carbonyl (C=O) groups excluding carboxylic acids is 4. The molecule has 0 heterocycles. The smallest absolute Gasteiger partial charge is 0.293 e. The average Bonchev–Trinajstić information content (AvgIpc) is 2.35. The molecule has 0 spiro atoms. The van der Waals surface area contributed by atoms with Gasteiger partial charge in [0.1, 0.15) is 11.6 Å². The number of hydrogen-bond donors (Lipinski definition) is 0. The minimum atomic E-state index is -0.347. The Morgan fingerprint density at radius 2 is 1.28 bits per heavy atom. The molecule has 0 saturated heterocycles. The van der Waals surface area contributed by atoms with Crippen LogP contribution in [0.3, 0.4) is 0 Å². The summed E-state index contributed by atoms with van der Waals surface area (Å²) in [6.45, 7) is 0.974. The van der Waals surface area contributed by atoms with Gasteiger partial charge in [0.25, 0.3) is 12.9 Å². The highest BCUT2D eigenvalue weighted by Gasteiger charge is 2.34. The lowest BCUT2D eigenvalue weighted by Gasteiger charge is -2.25. The van der Waals surface area contributed by atoms with Gasteiger partial charge in [-0.25, -0.2) is 0 Å². The molecule has 0 bridgehead atoms. The minimum Gasteiger partial charge on any atom is -0.468 e. The normalized spacial score (nSPS) is 23.6. The summed E-state index contributed by atoms with van der Waals surface area (Å²) in [5.74, 6) is -0.665. The van der Waals surface area contributed by atoms with Crippen LogP contribution >= 0.6 is 0 Å². The van der Waals surface area contributed by atoms with Gasteiger partial charge in [-0.05, 0) is 12.8 Å². The fourth-order valence-electron chi connectivity index (χ4n) is 2.09. The summed E-state index contributed by atoms with van der Waals surface area (Å²) in [5.41, 5.74) is 0. The Morgan fingerprint density at radius 1 is 0.889 bits per heavy atom. The topological polar surface area (TPSA) is 86.7 Å². The third-order valence-corrected chi connectivity index (χ3v) is 3.11. The lowest BCUT2D eigenvalue weighted by molar-refractivity contribution is -0.139. The second kappa shape index (κ2) is 7.58. The van der Waals surface area contributed by atoms with E-state index in [4.69, 9.17) is 0 Å². The van der Waals surface area contributed by atoms with Crippen LogP contribution in [0.2, 0.25) is 0 Å². The fraction of sp³-hybridized carbons (Fsp3) is 0.667. The molecule has 2 unspecified atom stereocenters. The van der Waals surface area contributed by atoms with Crippen LogP contribution in [0.1, 0.15) is 25.7 Å². The van der Waals surface area contributed by atoms with E-state index in [0.717, 1.165) is 0 Å². The second-order valence-electron chi connectivity index (χ2n) is 4.25. The molecule has 18 heavy (non-hydrogen) atoms. The van der Waals surface area contributed by atoms with Crippen molar-refractivity contribution in [2.24, 2.45) is 11.8 Å². The van der Waals surface area contributed by atoms with Crippen LogP contribution in [0.25, 0.3) is 0 Å². The number of carbonyl (C=O) groups is 4. The number of hydrogen-bond acceptors (Lipinski definition) is 6. The van der Waals surface area contributed by atoms with Crippen LogP contribution < -0.4 is 0 Å². The summed E-state index contributed by atoms with van der Waals surface area (Å²) < 4.78 is 9.05. The van der Waals surface area contributed by atoms with Crippen molar-refractivity contribution in [1.82, 2.24) is 0 Å². The van der Waals surface area contributed by atoms with Crippen molar-refractivity contribution in [3.63, 3.8) is 0 Å². The fourth-order valence-corrected chi connectivity index (χ4v) is 2.09. The first-order chi connectivity index (χ1) is 8.69. The highest BCUT2D eigenvalue weighted by atomic mass is 16.5. The third-order valence-electron chi connectivity index (χ3n) is 3.11. The van der Waals surface area contributed by atoms with Crippen LogP contribution in [0.4, 0.5) is 0 Å². The first-order valence-electron chi connectivity index (χ1n) is 5.85. The molecule has 100 valence electrons. The highest BCUT2D eigenvalue weighted by molar-refractivity contribution is 5.96. The van der Waals surface area contributed by atoms with Crippen molar-refractivity contribution in [2.75, 3.05) is 13.2 Å². The van der Waals surface area contributed by atoms with Crippen molar-refractivity contribution < 1.29 is 28.7 Å². The molecule has 1 aliphatic carbocycles. The Balaban J connectivity index is 2.38. The van der Waals surface area contributed by atoms with Gasteiger partial charge in [-0.15, -0.1) is 0 Å². The SMILES string of the molecule is O=COCCC1CC(=O)C(CCOC=O)CC1=O. The van der Waals surface area contributed by atoms with Crippen LogP contribution in [0.15, 0.2) is 0 Å². The van der Waals surface area contributed by atoms with Crippen molar-refractivity contribution in [3.05, 3.63) is 0 Å². The van der Waals surface area contributed by atoms with Gasteiger partial charge in [0, 0.05) is 24.7 Å². The first kappa shape index (κ1) is 14.3. The van der Waals surface area contributed by atoms with E-state index in [-0.39, 0.29) is 49.5 Å².